The van der Waals surface area contributed by atoms with Gasteiger partial charge in [-0.2, -0.15) is 0 Å². The zero-order valence-corrected chi connectivity index (χ0v) is 13.2. The van der Waals surface area contributed by atoms with E-state index in [4.69, 9.17) is 0 Å². The molecule has 1 heterocycles. The molecule has 1 atom stereocenters. The van der Waals surface area contributed by atoms with Crippen LogP contribution in [-0.4, -0.2) is 18.6 Å². The number of hydrogen-bond donors (Lipinski definition) is 2. The van der Waals surface area contributed by atoms with Crippen molar-refractivity contribution in [1.82, 2.24) is 10.3 Å². The van der Waals surface area contributed by atoms with Crippen LogP contribution in [-0.2, 0) is 6.42 Å². The van der Waals surface area contributed by atoms with E-state index in [0.29, 0.717) is 5.92 Å². The molecule has 2 aromatic carbocycles. The first-order valence-corrected chi connectivity index (χ1v) is 8.13. The normalized spacial score (nSPS) is 12.6. The van der Waals surface area contributed by atoms with Crippen LogP contribution in [0.2, 0.25) is 0 Å². The van der Waals surface area contributed by atoms with Gasteiger partial charge in [-0.1, -0.05) is 48.5 Å². The Morgan fingerprint density at radius 3 is 2.55 bits per heavy atom. The van der Waals surface area contributed by atoms with Crippen molar-refractivity contribution < 1.29 is 0 Å². The Bertz CT molecular complexity index is 700. The first-order chi connectivity index (χ1) is 10.9. The number of nitrogens with one attached hydrogen (secondary N) is 2. The molecule has 0 aliphatic carbocycles. The molecule has 0 fully saturated rings. The second-order valence-corrected chi connectivity index (χ2v) is 5.90. The summed E-state index contributed by atoms with van der Waals surface area (Å²) in [4.78, 5) is 3.42. The number of aromatic amines is 1. The van der Waals surface area contributed by atoms with E-state index in [9.17, 15) is 0 Å². The monoisotopic (exact) mass is 292 g/mol. The van der Waals surface area contributed by atoms with Crippen molar-refractivity contribution in [3.05, 3.63) is 71.9 Å². The van der Waals surface area contributed by atoms with E-state index in [1.807, 2.05) is 7.05 Å². The third kappa shape index (κ3) is 3.40. The van der Waals surface area contributed by atoms with E-state index in [-0.39, 0.29) is 0 Å². The molecule has 1 aromatic heterocycles. The third-order valence-electron chi connectivity index (χ3n) is 4.43. The van der Waals surface area contributed by atoms with Crippen molar-refractivity contribution in [2.24, 2.45) is 0 Å². The van der Waals surface area contributed by atoms with Crippen LogP contribution < -0.4 is 5.32 Å². The maximum absolute atomic E-state index is 3.42. The zero-order valence-electron chi connectivity index (χ0n) is 13.2. The highest BCUT2D eigenvalue weighted by Crippen LogP contribution is 2.31. The van der Waals surface area contributed by atoms with Crippen molar-refractivity contribution in [3.8, 4) is 0 Å². The second kappa shape index (κ2) is 7.28. The Morgan fingerprint density at radius 2 is 1.73 bits per heavy atom. The largest absolute Gasteiger partial charge is 0.361 e. The summed E-state index contributed by atoms with van der Waals surface area (Å²) >= 11 is 0. The smallest absolute Gasteiger partial charge is 0.0456 e. The highest BCUT2D eigenvalue weighted by atomic mass is 14.8. The number of benzene rings is 2. The molecule has 3 rings (SSSR count). The van der Waals surface area contributed by atoms with Crippen molar-refractivity contribution in [2.75, 3.05) is 13.6 Å². The third-order valence-corrected chi connectivity index (χ3v) is 4.43. The number of hydrogen-bond acceptors (Lipinski definition) is 1. The molecule has 2 heteroatoms. The van der Waals surface area contributed by atoms with Crippen LogP contribution in [0.15, 0.2) is 60.8 Å². The Kier molecular flexibility index (Phi) is 4.92. The van der Waals surface area contributed by atoms with Gasteiger partial charge in [-0.25, -0.2) is 0 Å². The standard InChI is InChI=1S/C20H24N2/c1-21-14-13-17(12-11-16-7-3-2-4-8-16)19-15-22-20-10-6-5-9-18(19)20/h2-10,15,17,21-22H,11-14H2,1H3. The summed E-state index contributed by atoms with van der Waals surface area (Å²) < 4.78 is 0. The second-order valence-electron chi connectivity index (χ2n) is 5.90. The van der Waals surface area contributed by atoms with Crippen molar-refractivity contribution in [1.29, 1.82) is 0 Å². The lowest BCUT2D eigenvalue weighted by atomic mass is 9.89. The molecule has 0 aliphatic rings. The average Bonchev–Trinajstić information content (AvgIpc) is 3.00. The molecule has 0 saturated carbocycles. The molecular formula is C20H24N2. The Morgan fingerprint density at radius 1 is 0.955 bits per heavy atom. The molecule has 2 nitrogen and oxygen atoms in total. The van der Waals surface area contributed by atoms with Crippen LogP contribution in [0.5, 0.6) is 0 Å². The maximum atomic E-state index is 3.42. The van der Waals surface area contributed by atoms with Gasteiger partial charge in [0.25, 0.3) is 0 Å². The lowest BCUT2D eigenvalue weighted by molar-refractivity contribution is 0.561. The van der Waals surface area contributed by atoms with Gasteiger partial charge in [-0.05, 0) is 56.0 Å². The molecule has 3 aromatic rings. The maximum Gasteiger partial charge on any atom is 0.0456 e. The van der Waals surface area contributed by atoms with Crippen LogP contribution in [0, 0.1) is 0 Å². The molecule has 0 radical (unpaired) electrons. The number of aryl methyl sites for hydroxylation is 1. The summed E-state index contributed by atoms with van der Waals surface area (Å²) in [6.07, 6.45) is 5.70. The molecule has 0 saturated heterocycles. The molecule has 2 N–H and O–H groups in total. The molecule has 114 valence electrons. The average molecular weight is 292 g/mol. The van der Waals surface area contributed by atoms with Gasteiger partial charge in [-0.15, -0.1) is 0 Å². The van der Waals surface area contributed by atoms with Crippen LogP contribution >= 0.6 is 0 Å². The van der Waals surface area contributed by atoms with E-state index >= 15 is 0 Å². The van der Waals surface area contributed by atoms with Gasteiger partial charge in [-0.3, -0.25) is 0 Å². The Labute approximate surface area is 132 Å². The number of rotatable bonds is 7. The van der Waals surface area contributed by atoms with Gasteiger partial charge in [0.05, 0.1) is 0 Å². The number of para-hydroxylation sites is 1. The van der Waals surface area contributed by atoms with E-state index in [1.165, 1.54) is 34.9 Å². The van der Waals surface area contributed by atoms with Gasteiger partial charge in [0.1, 0.15) is 0 Å². The molecule has 0 amide bonds. The number of H-pyrrole nitrogens is 1. The van der Waals surface area contributed by atoms with Gasteiger partial charge in [0.15, 0.2) is 0 Å². The lowest BCUT2D eigenvalue weighted by Crippen LogP contribution is -2.12. The van der Waals surface area contributed by atoms with Crippen LogP contribution in [0.4, 0.5) is 0 Å². The summed E-state index contributed by atoms with van der Waals surface area (Å²) in [5, 5.41) is 4.67. The van der Waals surface area contributed by atoms with Crippen molar-refractivity contribution in [3.63, 3.8) is 0 Å². The summed E-state index contributed by atoms with van der Waals surface area (Å²) in [5.41, 5.74) is 4.13. The fourth-order valence-corrected chi connectivity index (χ4v) is 3.19. The highest BCUT2D eigenvalue weighted by Gasteiger charge is 2.15. The lowest BCUT2D eigenvalue weighted by Gasteiger charge is -2.16. The molecular weight excluding hydrogens is 268 g/mol. The van der Waals surface area contributed by atoms with Crippen molar-refractivity contribution >= 4 is 10.9 Å². The topological polar surface area (TPSA) is 27.8 Å². The predicted molar refractivity (Wildman–Crippen MR) is 94.3 cm³/mol. The molecule has 0 spiro atoms. The van der Waals surface area contributed by atoms with Crippen molar-refractivity contribution in [2.45, 2.75) is 25.2 Å². The summed E-state index contributed by atoms with van der Waals surface area (Å²) in [5.74, 6) is 0.587. The molecule has 0 aliphatic heterocycles. The Hall–Kier alpha value is -2.06. The van der Waals surface area contributed by atoms with E-state index < -0.39 is 0 Å². The highest BCUT2D eigenvalue weighted by molar-refractivity contribution is 5.83. The summed E-state index contributed by atoms with van der Waals surface area (Å²) in [6, 6.07) is 19.4. The SMILES string of the molecule is CNCCC(CCc1ccccc1)c1c[nH]c2ccccc12. The fourth-order valence-electron chi connectivity index (χ4n) is 3.19. The summed E-state index contributed by atoms with van der Waals surface area (Å²) in [7, 11) is 2.03. The molecule has 1 unspecified atom stereocenters. The number of aromatic nitrogens is 1. The Balaban J connectivity index is 1.80. The quantitative estimate of drug-likeness (QED) is 0.659. The minimum atomic E-state index is 0.587. The van der Waals surface area contributed by atoms with Gasteiger partial charge in [0, 0.05) is 17.1 Å². The van der Waals surface area contributed by atoms with E-state index in [0.717, 1.165) is 13.0 Å². The van der Waals surface area contributed by atoms with Gasteiger partial charge < -0.3 is 10.3 Å². The van der Waals surface area contributed by atoms with Crippen LogP contribution in [0.3, 0.4) is 0 Å². The van der Waals surface area contributed by atoms with Gasteiger partial charge in [0.2, 0.25) is 0 Å². The van der Waals surface area contributed by atoms with Crippen LogP contribution in [0.25, 0.3) is 10.9 Å². The molecule has 0 bridgehead atoms. The number of fused-ring (bicyclic) bond motifs is 1. The fraction of sp³-hybridized carbons (Fsp3) is 0.300. The minimum absolute atomic E-state index is 0.587. The minimum Gasteiger partial charge on any atom is -0.361 e. The van der Waals surface area contributed by atoms with E-state index in [2.05, 4.69) is 71.1 Å². The zero-order chi connectivity index (χ0) is 15.2. The van der Waals surface area contributed by atoms with Gasteiger partial charge >= 0.3 is 0 Å². The summed E-state index contributed by atoms with van der Waals surface area (Å²) in [6.45, 7) is 1.05. The first-order valence-electron chi connectivity index (χ1n) is 8.13. The first kappa shape index (κ1) is 14.9. The predicted octanol–water partition coefficient (Wildman–Crippen LogP) is 4.49. The van der Waals surface area contributed by atoms with Crippen LogP contribution in [0.1, 0.15) is 29.9 Å². The van der Waals surface area contributed by atoms with E-state index in [1.54, 1.807) is 0 Å². The molecule has 22 heavy (non-hydrogen) atoms.